The highest BCUT2D eigenvalue weighted by molar-refractivity contribution is 5.85. The Hall–Kier alpha value is -1.82. The van der Waals surface area contributed by atoms with E-state index in [1.54, 1.807) is 0 Å². The zero-order valence-electron chi connectivity index (χ0n) is 10.3. The molecule has 0 saturated carbocycles. The van der Waals surface area contributed by atoms with E-state index in [2.05, 4.69) is 56.8 Å². The molecule has 0 bridgehead atoms. The van der Waals surface area contributed by atoms with Crippen LogP contribution in [0.1, 0.15) is 35.1 Å². The van der Waals surface area contributed by atoms with Gasteiger partial charge >= 0.3 is 0 Å². The number of fused-ring (bicyclic) bond motifs is 3. The van der Waals surface area contributed by atoms with Gasteiger partial charge in [-0.1, -0.05) is 61.5 Å². The van der Waals surface area contributed by atoms with Crippen molar-refractivity contribution in [3.05, 3.63) is 65.2 Å². The number of hydrogen-bond acceptors (Lipinski definition) is 0. The van der Waals surface area contributed by atoms with Gasteiger partial charge in [0.15, 0.2) is 0 Å². The lowest BCUT2D eigenvalue weighted by Gasteiger charge is -2.06. The molecule has 0 spiro atoms. The third kappa shape index (κ3) is 1.37. The molecule has 1 aliphatic carbocycles. The molecule has 2 aromatic carbocycles. The fourth-order valence-electron chi connectivity index (χ4n) is 2.87. The molecule has 1 aliphatic rings. The van der Waals surface area contributed by atoms with Crippen LogP contribution in [0.2, 0.25) is 0 Å². The van der Waals surface area contributed by atoms with Gasteiger partial charge in [-0.15, -0.1) is 0 Å². The Morgan fingerprint density at radius 2 is 1.94 bits per heavy atom. The summed E-state index contributed by atoms with van der Waals surface area (Å²) < 4.78 is 0. The Labute approximate surface area is 103 Å². The van der Waals surface area contributed by atoms with Crippen LogP contribution in [0.5, 0.6) is 0 Å². The average molecular weight is 220 g/mol. The Balaban J connectivity index is 2.36. The van der Waals surface area contributed by atoms with E-state index in [9.17, 15) is 0 Å². The van der Waals surface area contributed by atoms with Crippen LogP contribution < -0.4 is 0 Å². The van der Waals surface area contributed by atoms with Gasteiger partial charge in [-0.2, -0.15) is 0 Å². The molecule has 1 atom stereocenters. The zero-order chi connectivity index (χ0) is 12.0. The molecule has 0 saturated heterocycles. The van der Waals surface area contributed by atoms with Crippen LogP contribution in [-0.4, -0.2) is 0 Å². The molecule has 0 aromatic heterocycles. The summed E-state index contributed by atoms with van der Waals surface area (Å²) in [6.07, 6.45) is 1.96. The minimum Gasteiger partial charge on any atom is -0.0984 e. The van der Waals surface area contributed by atoms with E-state index in [1.165, 1.54) is 33.4 Å². The fraction of sp³-hybridized carbons (Fsp3) is 0.176. The quantitative estimate of drug-likeness (QED) is 0.649. The van der Waals surface area contributed by atoms with Gasteiger partial charge in [0.2, 0.25) is 0 Å². The molecule has 0 nitrogen and oxygen atoms in total. The van der Waals surface area contributed by atoms with Crippen molar-refractivity contribution in [2.75, 3.05) is 0 Å². The minimum absolute atomic E-state index is 0.500. The summed E-state index contributed by atoms with van der Waals surface area (Å²) >= 11 is 0. The average Bonchev–Trinajstić information content (AvgIpc) is 2.63. The van der Waals surface area contributed by atoms with Crippen LogP contribution in [0.25, 0.3) is 17.2 Å². The van der Waals surface area contributed by atoms with Gasteiger partial charge in [-0.25, -0.2) is 0 Å². The van der Waals surface area contributed by atoms with Crippen LogP contribution in [0, 0.1) is 6.92 Å². The standard InChI is InChI=1S/C17H16/c1-4-13-6-5-7-14-12(3)16-10-11(2)8-9-15(16)17(13)14/h4-10,12H,1H2,2-3H3. The number of aryl methyl sites for hydroxylation is 1. The second kappa shape index (κ2) is 3.59. The zero-order valence-corrected chi connectivity index (χ0v) is 10.3. The monoisotopic (exact) mass is 220 g/mol. The molecular formula is C17H16. The predicted molar refractivity (Wildman–Crippen MR) is 74.2 cm³/mol. The summed E-state index contributed by atoms with van der Waals surface area (Å²) in [5, 5.41) is 0. The van der Waals surface area contributed by atoms with Gasteiger partial charge in [-0.05, 0) is 34.7 Å². The first-order valence-electron chi connectivity index (χ1n) is 6.08. The SMILES string of the molecule is C=Cc1cccc2c1-c1ccc(C)cc1C2C. The molecule has 0 aliphatic heterocycles. The van der Waals surface area contributed by atoms with Crippen molar-refractivity contribution < 1.29 is 0 Å². The van der Waals surface area contributed by atoms with E-state index in [1.807, 2.05) is 6.08 Å². The second-order valence-corrected chi connectivity index (χ2v) is 4.83. The van der Waals surface area contributed by atoms with Gasteiger partial charge < -0.3 is 0 Å². The third-order valence-electron chi connectivity index (χ3n) is 3.76. The lowest BCUT2D eigenvalue weighted by Crippen LogP contribution is -1.89. The normalized spacial score (nSPS) is 16.5. The molecule has 0 radical (unpaired) electrons. The van der Waals surface area contributed by atoms with E-state index in [-0.39, 0.29) is 0 Å². The lowest BCUT2D eigenvalue weighted by molar-refractivity contribution is 0.954. The molecule has 2 aromatic rings. The van der Waals surface area contributed by atoms with E-state index < -0.39 is 0 Å². The van der Waals surface area contributed by atoms with Gasteiger partial charge in [0.1, 0.15) is 0 Å². The van der Waals surface area contributed by atoms with Crippen molar-refractivity contribution >= 4 is 6.08 Å². The largest absolute Gasteiger partial charge is 0.0984 e. The summed E-state index contributed by atoms with van der Waals surface area (Å²) in [5.41, 5.74) is 8.23. The maximum Gasteiger partial charge on any atom is 0.00736 e. The highest BCUT2D eigenvalue weighted by Crippen LogP contribution is 2.46. The van der Waals surface area contributed by atoms with Crippen LogP contribution >= 0.6 is 0 Å². The smallest absolute Gasteiger partial charge is 0.00736 e. The first-order valence-corrected chi connectivity index (χ1v) is 6.08. The maximum atomic E-state index is 3.92. The van der Waals surface area contributed by atoms with Crippen molar-refractivity contribution in [2.45, 2.75) is 19.8 Å². The molecule has 0 fully saturated rings. The topological polar surface area (TPSA) is 0 Å². The Kier molecular flexibility index (Phi) is 2.19. The maximum absolute atomic E-state index is 3.92. The van der Waals surface area contributed by atoms with Crippen LogP contribution in [0.3, 0.4) is 0 Å². The molecular weight excluding hydrogens is 204 g/mol. The Bertz CT molecular complexity index is 605. The molecule has 0 N–H and O–H groups in total. The first-order chi connectivity index (χ1) is 8.22. The van der Waals surface area contributed by atoms with Gasteiger partial charge in [0.05, 0.1) is 0 Å². The van der Waals surface area contributed by atoms with Crippen molar-refractivity contribution in [3.8, 4) is 11.1 Å². The summed E-state index contributed by atoms with van der Waals surface area (Å²) in [6.45, 7) is 8.37. The van der Waals surface area contributed by atoms with Gasteiger partial charge in [0, 0.05) is 5.92 Å². The molecule has 84 valence electrons. The van der Waals surface area contributed by atoms with Gasteiger partial charge in [0.25, 0.3) is 0 Å². The van der Waals surface area contributed by atoms with Gasteiger partial charge in [-0.3, -0.25) is 0 Å². The number of hydrogen-bond donors (Lipinski definition) is 0. The molecule has 1 unspecified atom stereocenters. The van der Waals surface area contributed by atoms with E-state index >= 15 is 0 Å². The first kappa shape index (κ1) is 10.3. The summed E-state index contributed by atoms with van der Waals surface area (Å²) in [5.74, 6) is 0.500. The van der Waals surface area contributed by atoms with E-state index in [0.717, 1.165) is 0 Å². The van der Waals surface area contributed by atoms with E-state index in [4.69, 9.17) is 0 Å². The molecule has 17 heavy (non-hydrogen) atoms. The fourth-order valence-corrected chi connectivity index (χ4v) is 2.87. The minimum atomic E-state index is 0.500. The van der Waals surface area contributed by atoms with E-state index in [0.29, 0.717) is 5.92 Å². The highest BCUT2D eigenvalue weighted by atomic mass is 14.3. The van der Waals surface area contributed by atoms with Crippen LogP contribution in [0.4, 0.5) is 0 Å². The Morgan fingerprint density at radius 1 is 1.12 bits per heavy atom. The third-order valence-corrected chi connectivity index (χ3v) is 3.76. The molecule has 0 heterocycles. The van der Waals surface area contributed by atoms with Crippen molar-refractivity contribution in [1.29, 1.82) is 0 Å². The van der Waals surface area contributed by atoms with Crippen molar-refractivity contribution in [1.82, 2.24) is 0 Å². The summed E-state index contributed by atoms with van der Waals surface area (Å²) in [4.78, 5) is 0. The molecule has 0 heteroatoms. The van der Waals surface area contributed by atoms with Crippen LogP contribution in [-0.2, 0) is 0 Å². The van der Waals surface area contributed by atoms with Crippen LogP contribution in [0.15, 0.2) is 43.0 Å². The highest BCUT2D eigenvalue weighted by Gasteiger charge is 2.26. The predicted octanol–water partition coefficient (Wildman–Crippen LogP) is 4.77. The number of rotatable bonds is 1. The Morgan fingerprint density at radius 3 is 2.71 bits per heavy atom. The summed E-state index contributed by atoms with van der Waals surface area (Å²) in [7, 11) is 0. The lowest BCUT2D eigenvalue weighted by atomic mass is 9.97. The number of benzene rings is 2. The van der Waals surface area contributed by atoms with Crippen molar-refractivity contribution in [3.63, 3.8) is 0 Å². The molecule has 0 amide bonds. The summed E-state index contributed by atoms with van der Waals surface area (Å²) in [6, 6.07) is 13.3. The molecule has 3 rings (SSSR count). The second-order valence-electron chi connectivity index (χ2n) is 4.83. The van der Waals surface area contributed by atoms with Crippen molar-refractivity contribution in [2.24, 2.45) is 0 Å².